The van der Waals surface area contributed by atoms with Crippen molar-refractivity contribution in [3.8, 4) is 0 Å². The van der Waals surface area contributed by atoms with E-state index in [0.717, 1.165) is 22.6 Å². The molecule has 0 fully saturated rings. The van der Waals surface area contributed by atoms with Crippen molar-refractivity contribution in [1.29, 1.82) is 0 Å². The van der Waals surface area contributed by atoms with Gasteiger partial charge in [0.05, 0.1) is 27.2 Å². The van der Waals surface area contributed by atoms with Crippen LogP contribution in [0.25, 0.3) is 10.8 Å². The monoisotopic (exact) mass is 635 g/mol. The summed E-state index contributed by atoms with van der Waals surface area (Å²) in [5.74, 6) is -0.503. The zero-order valence-corrected chi connectivity index (χ0v) is 24.3. The molecule has 226 valence electrons. The Morgan fingerprint density at radius 1 is 0.860 bits per heavy atom. The Morgan fingerprint density at radius 2 is 1.40 bits per heavy atom. The normalized spacial score (nSPS) is 12.1. The summed E-state index contributed by atoms with van der Waals surface area (Å²) in [6.07, 6.45) is -3.56. The molecule has 10 nitrogen and oxygen atoms in total. The van der Waals surface area contributed by atoms with Gasteiger partial charge in [-0.05, 0) is 50.2 Å². The van der Waals surface area contributed by atoms with Gasteiger partial charge < -0.3 is 4.74 Å². The molecule has 0 amide bonds. The van der Waals surface area contributed by atoms with Gasteiger partial charge in [0.2, 0.25) is 0 Å². The third-order valence-corrected chi connectivity index (χ3v) is 10.1. The Bertz CT molecular complexity index is 1880. The van der Waals surface area contributed by atoms with Gasteiger partial charge in [-0.3, -0.25) is 13.9 Å². The van der Waals surface area contributed by atoms with Crippen molar-refractivity contribution in [2.75, 3.05) is 21.9 Å². The number of fused-ring (bicyclic) bond motifs is 1. The van der Waals surface area contributed by atoms with Gasteiger partial charge in [-0.2, -0.15) is 13.2 Å². The Hall–Kier alpha value is -4.50. The van der Waals surface area contributed by atoms with Crippen LogP contribution >= 0.6 is 0 Å². The lowest BCUT2D eigenvalue weighted by Crippen LogP contribution is -2.35. The summed E-state index contributed by atoms with van der Waals surface area (Å²) >= 11 is 0. The van der Waals surface area contributed by atoms with Gasteiger partial charge >= 0.3 is 6.18 Å². The standard InChI is InChI=1S/C28H24F3N3O7S2/c1-3-33(42(37,38)22-12-8-20(9-13-22)19(2)36)26-16-32-27(25-7-5-4-6-24(25)26)34(17-41-18-35)43(39,40)23-14-10-21(11-15-23)28(29,30)31/h4-16,18H,3,17H2,1-2H3. The van der Waals surface area contributed by atoms with Crippen molar-refractivity contribution < 1.29 is 44.3 Å². The van der Waals surface area contributed by atoms with Gasteiger partial charge in [0.25, 0.3) is 26.5 Å². The number of pyridine rings is 1. The number of sulfonamides is 2. The van der Waals surface area contributed by atoms with E-state index in [0.29, 0.717) is 22.0 Å². The summed E-state index contributed by atoms with van der Waals surface area (Å²) in [7, 11) is -8.83. The van der Waals surface area contributed by atoms with Gasteiger partial charge in [-0.15, -0.1) is 0 Å². The molecule has 0 spiro atoms. The summed E-state index contributed by atoms with van der Waals surface area (Å²) in [6.45, 7) is 2.01. The van der Waals surface area contributed by atoms with Gasteiger partial charge in [0.15, 0.2) is 18.3 Å². The van der Waals surface area contributed by atoms with Crippen molar-refractivity contribution in [3.63, 3.8) is 0 Å². The maximum atomic E-state index is 13.7. The summed E-state index contributed by atoms with van der Waals surface area (Å²) in [5, 5.41) is 0.405. The summed E-state index contributed by atoms with van der Waals surface area (Å²) in [5.41, 5.74) is -0.641. The number of aromatic nitrogens is 1. The molecule has 1 aromatic heterocycles. The predicted octanol–water partition coefficient (Wildman–Crippen LogP) is 5.00. The fourth-order valence-corrected chi connectivity index (χ4v) is 7.09. The summed E-state index contributed by atoms with van der Waals surface area (Å²) < 4.78 is 100. The van der Waals surface area contributed by atoms with E-state index in [1.807, 2.05) is 0 Å². The fraction of sp³-hybridized carbons (Fsp3) is 0.179. The molecule has 1 heterocycles. The minimum atomic E-state index is -4.70. The highest BCUT2D eigenvalue weighted by molar-refractivity contribution is 7.93. The first kappa shape index (κ1) is 31.4. The molecular formula is C28H24F3N3O7S2. The first-order valence-electron chi connectivity index (χ1n) is 12.5. The smallest absolute Gasteiger partial charge is 0.416 e. The van der Waals surface area contributed by atoms with Crippen LogP contribution in [0.2, 0.25) is 0 Å². The van der Waals surface area contributed by atoms with Crippen LogP contribution in [-0.4, -0.2) is 47.4 Å². The zero-order valence-electron chi connectivity index (χ0n) is 22.6. The maximum absolute atomic E-state index is 13.7. The van der Waals surface area contributed by atoms with Crippen LogP contribution < -0.4 is 8.61 Å². The predicted molar refractivity (Wildman–Crippen MR) is 152 cm³/mol. The number of halogens is 3. The molecule has 0 unspecified atom stereocenters. The zero-order chi connectivity index (χ0) is 31.6. The molecule has 0 saturated carbocycles. The van der Waals surface area contributed by atoms with Crippen LogP contribution in [0, 0.1) is 0 Å². The van der Waals surface area contributed by atoms with Crippen LogP contribution in [0.3, 0.4) is 0 Å². The Kier molecular flexibility index (Phi) is 8.78. The molecule has 0 aliphatic rings. The van der Waals surface area contributed by atoms with Gasteiger partial charge in [-0.25, -0.2) is 26.1 Å². The molecule has 0 radical (unpaired) electrons. The first-order chi connectivity index (χ1) is 20.2. The Morgan fingerprint density at radius 3 is 1.91 bits per heavy atom. The number of ether oxygens (including phenoxy) is 1. The number of hydrogen-bond donors (Lipinski definition) is 0. The molecule has 3 aromatic carbocycles. The second-order valence-electron chi connectivity index (χ2n) is 9.03. The van der Waals surface area contributed by atoms with Crippen molar-refractivity contribution in [2.24, 2.45) is 0 Å². The average Bonchev–Trinajstić information content (AvgIpc) is 2.98. The minimum absolute atomic E-state index is 0.00535. The van der Waals surface area contributed by atoms with Crippen LogP contribution in [0.1, 0.15) is 29.8 Å². The number of ketones is 1. The highest BCUT2D eigenvalue weighted by Gasteiger charge is 2.33. The number of rotatable bonds is 11. The van der Waals surface area contributed by atoms with E-state index in [4.69, 9.17) is 4.74 Å². The minimum Gasteiger partial charge on any atom is -0.445 e. The topological polar surface area (TPSA) is 131 Å². The molecule has 0 atom stereocenters. The maximum Gasteiger partial charge on any atom is 0.416 e. The average molecular weight is 636 g/mol. The third kappa shape index (κ3) is 6.17. The first-order valence-corrected chi connectivity index (χ1v) is 15.4. The highest BCUT2D eigenvalue weighted by Crippen LogP contribution is 2.37. The van der Waals surface area contributed by atoms with E-state index in [1.54, 1.807) is 19.1 Å². The lowest BCUT2D eigenvalue weighted by Gasteiger charge is -2.27. The molecule has 43 heavy (non-hydrogen) atoms. The van der Waals surface area contributed by atoms with Crippen molar-refractivity contribution in [3.05, 3.63) is 90.1 Å². The number of carbonyl (C=O) groups is 2. The van der Waals surface area contributed by atoms with E-state index in [-0.39, 0.29) is 46.0 Å². The quantitative estimate of drug-likeness (QED) is 0.128. The highest BCUT2D eigenvalue weighted by atomic mass is 32.2. The van der Waals surface area contributed by atoms with E-state index in [9.17, 15) is 39.6 Å². The largest absolute Gasteiger partial charge is 0.445 e. The molecule has 0 aliphatic heterocycles. The van der Waals surface area contributed by atoms with Crippen molar-refractivity contribution in [2.45, 2.75) is 29.8 Å². The molecule has 0 aliphatic carbocycles. The van der Waals surface area contributed by atoms with Gasteiger partial charge in [0, 0.05) is 22.9 Å². The van der Waals surface area contributed by atoms with Crippen molar-refractivity contribution in [1.82, 2.24) is 4.98 Å². The molecule has 4 aromatic rings. The number of anilines is 2. The SMILES string of the molecule is CCN(c1cnc(N(COC=O)S(=O)(=O)c2ccc(C(F)(F)F)cc2)c2ccccc12)S(=O)(=O)c1ccc(C(C)=O)cc1. The lowest BCUT2D eigenvalue weighted by molar-refractivity contribution is -0.137. The number of hydrogen-bond acceptors (Lipinski definition) is 8. The number of Topliss-reactive ketones (excluding diaryl/α,β-unsaturated/α-hetero) is 1. The molecule has 15 heteroatoms. The molecular weight excluding hydrogens is 611 g/mol. The van der Waals surface area contributed by atoms with Crippen LogP contribution in [0.4, 0.5) is 24.7 Å². The molecule has 0 saturated heterocycles. The molecule has 0 N–H and O–H groups in total. The fourth-order valence-electron chi connectivity index (χ4n) is 4.30. The number of benzene rings is 3. The van der Waals surface area contributed by atoms with E-state index < -0.39 is 43.4 Å². The number of nitrogens with zero attached hydrogens (tertiary/aromatic N) is 3. The van der Waals surface area contributed by atoms with E-state index >= 15 is 0 Å². The second-order valence-corrected chi connectivity index (χ2v) is 12.8. The van der Waals surface area contributed by atoms with Gasteiger partial charge in [0.1, 0.15) is 0 Å². The van der Waals surface area contributed by atoms with Crippen molar-refractivity contribution >= 4 is 54.6 Å². The van der Waals surface area contributed by atoms with Crippen LogP contribution in [-0.2, 0) is 35.8 Å². The van der Waals surface area contributed by atoms with Crippen LogP contribution in [0.5, 0.6) is 0 Å². The second kappa shape index (κ2) is 12.0. The summed E-state index contributed by atoms with van der Waals surface area (Å²) in [6, 6.07) is 14.3. The molecule has 4 rings (SSSR count). The van der Waals surface area contributed by atoms with Gasteiger partial charge in [-0.1, -0.05) is 36.4 Å². The molecule has 0 bridgehead atoms. The van der Waals surface area contributed by atoms with E-state index in [2.05, 4.69) is 4.98 Å². The lowest BCUT2D eigenvalue weighted by atomic mass is 10.1. The van der Waals surface area contributed by atoms with Crippen LogP contribution in [0.15, 0.2) is 88.8 Å². The number of carbonyl (C=O) groups excluding carboxylic acids is 2. The Balaban J connectivity index is 1.85. The third-order valence-electron chi connectivity index (χ3n) is 6.42. The summed E-state index contributed by atoms with van der Waals surface area (Å²) in [4.78, 5) is 26.3. The Labute approximate surface area is 245 Å². The van der Waals surface area contributed by atoms with E-state index in [1.165, 1.54) is 43.3 Å². The number of alkyl halides is 3.